The summed E-state index contributed by atoms with van der Waals surface area (Å²) in [5, 5.41) is 3.53. The molecule has 18 heavy (non-hydrogen) atoms. The first-order chi connectivity index (χ1) is 8.81. The maximum atomic E-state index is 11.0. The number of carbonyl (C=O) groups is 1. The lowest BCUT2D eigenvalue weighted by Crippen LogP contribution is -2.27. The molecule has 2 rings (SSSR count). The van der Waals surface area contributed by atoms with Gasteiger partial charge in [-0.15, -0.1) is 0 Å². The summed E-state index contributed by atoms with van der Waals surface area (Å²) in [6, 6.07) is 9.01. The molecule has 1 aromatic carbocycles. The van der Waals surface area contributed by atoms with Crippen LogP contribution in [0.1, 0.15) is 30.0 Å². The number of esters is 1. The molecule has 4 heteroatoms. The molecule has 1 aliphatic rings. The van der Waals surface area contributed by atoms with E-state index in [2.05, 4.69) is 34.3 Å². The summed E-state index contributed by atoms with van der Waals surface area (Å²) in [4.78, 5) is 11.0. The minimum atomic E-state index is -0.129. The first-order valence-electron chi connectivity index (χ1n) is 6.27. The third-order valence-corrected chi connectivity index (χ3v) is 4.23. The van der Waals surface area contributed by atoms with Gasteiger partial charge in [0.25, 0.3) is 0 Å². The Hall–Kier alpha value is -1.00. The summed E-state index contributed by atoms with van der Waals surface area (Å²) >= 11 is 1.96. The molecule has 0 radical (unpaired) electrons. The SMILES string of the molecule is COC(=O)CCCNC1CSCc2ccccc21. The third kappa shape index (κ3) is 3.50. The van der Waals surface area contributed by atoms with Gasteiger partial charge in [-0.05, 0) is 24.1 Å². The molecular weight excluding hydrogens is 246 g/mol. The van der Waals surface area contributed by atoms with Crippen LogP contribution in [0, 0.1) is 0 Å². The largest absolute Gasteiger partial charge is 0.469 e. The molecule has 0 aromatic heterocycles. The number of ether oxygens (including phenoxy) is 1. The van der Waals surface area contributed by atoms with E-state index in [0.717, 1.165) is 24.5 Å². The quantitative estimate of drug-likeness (QED) is 0.656. The van der Waals surface area contributed by atoms with Crippen LogP contribution in [0.2, 0.25) is 0 Å². The molecule has 0 saturated heterocycles. The highest BCUT2D eigenvalue weighted by Gasteiger charge is 2.19. The molecule has 1 aromatic rings. The van der Waals surface area contributed by atoms with Crippen molar-refractivity contribution in [3.63, 3.8) is 0 Å². The Morgan fingerprint density at radius 1 is 1.50 bits per heavy atom. The number of thioether (sulfide) groups is 1. The molecule has 1 atom stereocenters. The summed E-state index contributed by atoms with van der Waals surface area (Å²) in [6.45, 7) is 0.856. The van der Waals surface area contributed by atoms with E-state index in [-0.39, 0.29) is 5.97 Å². The molecule has 0 spiro atoms. The van der Waals surface area contributed by atoms with Crippen LogP contribution in [-0.4, -0.2) is 25.4 Å². The zero-order valence-electron chi connectivity index (χ0n) is 10.6. The Balaban J connectivity index is 1.82. The normalized spacial score (nSPS) is 18.2. The lowest BCUT2D eigenvalue weighted by atomic mass is 10.0. The number of methoxy groups -OCH3 is 1. The number of benzene rings is 1. The van der Waals surface area contributed by atoms with Gasteiger partial charge in [0.15, 0.2) is 0 Å². The van der Waals surface area contributed by atoms with Crippen molar-refractivity contribution in [2.24, 2.45) is 0 Å². The Labute approximate surface area is 112 Å². The van der Waals surface area contributed by atoms with Crippen molar-refractivity contribution in [2.75, 3.05) is 19.4 Å². The van der Waals surface area contributed by atoms with Crippen LogP contribution in [0.3, 0.4) is 0 Å². The van der Waals surface area contributed by atoms with Gasteiger partial charge in [-0.1, -0.05) is 24.3 Å². The zero-order valence-corrected chi connectivity index (χ0v) is 11.5. The van der Waals surface area contributed by atoms with Gasteiger partial charge in [0, 0.05) is 24.0 Å². The van der Waals surface area contributed by atoms with Crippen molar-refractivity contribution in [1.82, 2.24) is 5.32 Å². The number of nitrogens with one attached hydrogen (secondary N) is 1. The first kappa shape index (κ1) is 13.4. The van der Waals surface area contributed by atoms with E-state index >= 15 is 0 Å². The fourth-order valence-electron chi connectivity index (χ4n) is 2.16. The number of fused-ring (bicyclic) bond motifs is 1. The molecule has 1 aliphatic heterocycles. The fourth-order valence-corrected chi connectivity index (χ4v) is 3.30. The summed E-state index contributed by atoms with van der Waals surface area (Å²) < 4.78 is 4.63. The van der Waals surface area contributed by atoms with Gasteiger partial charge in [-0.2, -0.15) is 11.8 Å². The van der Waals surface area contributed by atoms with Crippen LogP contribution in [-0.2, 0) is 15.3 Å². The van der Waals surface area contributed by atoms with Gasteiger partial charge in [0.2, 0.25) is 0 Å². The summed E-state index contributed by atoms with van der Waals surface area (Å²) in [5.41, 5.74) is 2.84. The highest BCUT2D eigenvalue weighted by Crippen LogP contribution is 2.31. The van der Waals surface area contributed by atoms with Crippen molar-refractivity contribution in [1.29, 1.82) is 0 Å². The van der Waals surface area contributed by atoms with E-state index in [1.165, 1.54) is 18.2 Å². The van der Waals surface area contributed by atoms with Crippen LogP contribution in [0.4, 0.5) is 0 Å². The van der Waals surface area contributed by atoms with E-state index in [1.54, 1.807) is 0 Å². The van der Waals surface area contributed by atoms with Crippen LogP contribution >= 0.6 is 11.8 Å². The van der Waals surface area contributed by atoms with Crippen molar-refractivity contribution in [2.45, 2.75) is 24.6 Å². The average Bonchev–Trinajstić information content (AvgIpc) is 2.43. The number of hydrogen-bond acceptors (Lipinski definition) is 4. The van der Waals surface area contributed by atoms with Gasteiger partial charge in [0.1, 0.15) is 0 Å². The monoisotopic (exact) mass is 265 g/mol. The molecule has 1 heterocycles. The standard InChI is InChI=1S/C14H19NO2S/c1-17-14(16)7-4-8-15-13-10-18-9-11-5-2-3-6-12(11)13/h2-3,5-6,13,15H,4,7-10H2,1H3. The molecular formula is C14H19NO2S. The van der Waals surface area contributed by atoms with Crippen molar-refractivity contribution < 1.29 is 9.53 Å². The van der Waals surface area contributed by atoms with E-state index in [9.17, 15) is 4.79 Å². The fraction of sp³-hybridized carbons (Fsp3) is 0.500. The Bertz CT molecular complexity index is 409. The predicted octanol–water partition coefficient (Wildman–Crippen LogP) is 2.52. The summed E-state index contributed by atoms with van der Waals surface area (Å²) in [5.74, 6) is 2.08. The molecule has 0 aliphatic carbocycles. The first-order valence-corrected chi connectivity index (χ1v) is 7.42. The summed E-state index contributed by atoms with van der Waals surface area (Å²) in [6.07, 6.45) is 1.32. The van der Waals surface area contributed by atoms with Crippen LogP contribution in [0.15, 0.2) is 24.3 Å². The molecule has 0 saturated carbocycles. The highest BCUT2D eigenvalue weighted by molar-refractivity contribution is 7.98. The van der Waals surface area contributed by atoms with Gasteiger partial charge < -0.3 is 10.1 Å². The smallest absolute Gasteiger partial charge is 0.305 e. The second-order valence-electron chi connectivity index (χ2n) is 4.40. The average molecular weight is 265 g/mol. The van der Waals surface area contributed by atoms with E-state index in [4.69, 9.17) is 0 Å². The molecule has 98 valence electrons. The predicted molar refractivity (Wildman–Crippen MR) is 74.6 cm³/mol. The number of hydrogen-bond donors (Lipinski definition) is 1. The molecule has 3 nitrogen and oxygen atoms in total. The van der Waals surface area contributed by atoms with Crippen LogP contribution in [0.5, 0.6) is 0 Å². The zero-order chi connectivity index (χ0) is 12.8. The maximum absolute atomic E-state index is 11.0. The third-order valence-electron chi connectivity index (χ3n) is 3.15. The van der Waals surface area contributed by atoms with Gasteiger partial charge >= 0.3 is 5.97 Å². The van der Waals surface area contributed by atoms with Crippen LogP contribution in [0.25, 0.3) is 0 Å². The second-order valence-corrected chi connectivity index (χ2v) is 5.43. The lowest BCUT2D eigenvalue weighted by Gasteiger charge is -2.26. The Morgan fingerprint density at radius 3 is 3.17 bits per heavy atom. The number of rotatable bonds is 5. The van der Waals surface area contributed by atoms with Crippen molar-refractivity contribution >= 4 is 17.7 Å². The van der Waals surface area contributed by atoms with Gasteiger partial charge in [0.05, 0.1) is 7.11 Å². The molecule has 0 amide bonds. The van der Waals surface area contributed by atoms with Gasteiger partial charge in [-0.3, -0.25) is 4.79 Å². The molecule has 0 fully saturated rings. The molecule has 0 bridgehead atoms. The topological polar surface area (TPSA) is 38.3 Å². The lowest BCUT2D eigenvalue weighted by molar-refractivity contribution is -0.140. The Morgan fingerprint density at radius 2 is 2.33 bits per heavy atom. The molecule has 1 N–H and O–H groups in total. The number of carbonyl (C=O) groups excluding carboxylic acids is 1. The van der Waals surface area contributed by atoms with E-state index < -0.39 is 0 Å². The summed E-state index contributed by atoms with van der Waals surface area (Å²) in [7, 11) is 1.43. The second kappa shape index (κ2) is 6.81. The van der Waals surface area contributed by atoms with E-state index in [0.29, 0.717) is 12.5 Å². The van der Waals surface area contributed by atoms with Gasteiger partial charge in [-0.25, -0.2) is 0 Å². The van der Waals surface area contributed by atoms with Crippen molar-refractivity contribution in [3.8, 4) is 0 Å². The van der Waals surface area contributed by atoms with Crippen molar-refractivity contribution in [3.05, 3.63) is 35.4 Å². The van der Waals surface area contributed by atoms with Crippen LogP contribution < -0.4 is 5.32 Å². The minimum absolute atomic E-state index is 0.129. The maximum Gasteiger partial charge on any atom is 0.305 e. The Kier molecular flexibility index (Phi) is 5.08. The van der Waals surface area contributed by atoms with E-state index in [1.807, 2.05) is 11.8 Å². The molecule has 1 unspecified atom stereocenters. The highest BCUT2D eigenvalue weighted by atomic mass is 32.2. The minimum Gasteiger partial charge on any atom is -0.469 e.